The molecule has 0 saturated carbocycles. The van der Waals surface area contributed by atoms with Gasteiger partial charge in [-0.1, -0.05) is 20.8 Å². The number of hydrogen-bond acceptors (Lipinski definition) is 3. The highest BCUT2D eigenvalue weighted by Gasteiger charge is 2.38. The third kappa shape index (κ3) is 4.52. The van der Waals surface area contributed by atoms with Crippen molar-refractivity contribution in [2.24, 2.45) is 0 Å². The Hall–Kier alpha value is -0.193. The van der Waals surface area contributed by atoms with E-state index in [0.29, 0.717) is 0 Å². The summed E-state index contributed by atoms with van der Waals surface area (Å²) < 4.78 is 11.2. The van der Waals surface area contributed by atoms with Gasteiger partial charge in [0.15, 0.2) is 14.6 Å². The van der Waals surface area contributed by atoms with Crippen molar-refractivity contribution in [3.8, 4) is 0 Å². The van der Waals surface area contributed by atoms with E-state index in [4.69, 9.17) is 9.16 Å². The zero-order chi connectivity index (χ0) is 13.1. The summed E-state index contributed by atoms with van der Waals surface area (Å²) in [6, 6.07) is 0. The highest BCUT2D eigenvalue weighted by Crippen LogP contribution is 2.36. The lowest BCUT2D eigenvalue weighted by molar-refractivity contribution is -0.108. The summed E-state index contributed by atoms with van der Waals surface area (Å²) >= 11 is 0. The standard InChI is InChI=1S/C13H26O3Si/c1-13(2,3)17(4,5)15-9-7-6-8-11-12(10-14)16-11/h10-12H,6-9H2,1-5H3/t11?,12-/m0/s1. The minimum atomic E-state index is -1.57. The summed E-state index contributed by atoms with van der Waals surface area (Å²) in [4.78, 5) is 10.4. The van der Waals surface area contributed by atoms with Gasteiger partial charge < -0.3 is 14.0 Å². The number of carbonyl (C=O) groups is 1. The highest BCUT2D eigenvalue weighted by atomic mass is 28.4. The molecule has 0 aromatic carbocycles. The van der Waals surface area contributed by atoms with Crippen LogP contribution in [0.1, 0.15) is 40.0 Å². The monoisotopic (exact) mass is 258 g/mol. The van der Waals surface area contributed by atoms with Crippen molar-refractivity contribution in [3.63, 3.8) is 0 Å². The van der Waals surface area contributed by atoms with Gasteiger partial charge in [0, 0.05) is 6.61 Å². The highest BCUT2D eigenvalue weighted by molar-refractivity contribution is 6.74. The van der Waals surface area contributed by atoms with E-state index in [0.717, 1.165) is 32.2 Å². The molecule has 17 heavy (non-hydrogen) atoms. The summed E-state index contributed by atoms with van der Waals surface area (Å²) in [5, 5.41) is 0.287. The van der Waals surface area contributed by atoms with Crippen LogP contribution in [0.25, 0.3) is 0 Å². The molecular formula is C13H26O3Si. The number of hydrogen-bond donors (Lipinski definition) is 0. The van der Waals surface area contributed by atoms with Gasteiger partial charge in [0.25, 0.3) is 0 Å². The van der Waals surface area contributed by atoms with Gasteiger partial charge in [-0.15, -0.1) is 0 Å². The fourth-order valence-electron chi connectivity index (χ4n) is 1.50. The van der Waals surface area contributed by atoms with Gasteiger partial charge in [0.1, 0.15) is 6.10 Å². The van der Waals surface area contributed by atoms with Gasteiger partial charge in [0.05, 0.1) is 6.10 Å². The van der Waals surface area contributed by atoms with Gasteiger partial charge >= 0.3 is 0 Å². The molecule has 0 N–H and O–H groups in total. The van der Waals surface area contributed by atoms with E-state index in [9.17, 15) is 4.79 Å². The Morgan fingerprint density at radius 3 is 2.41 bits per heavy atom. The lowest BCUT2D eigenvalue weighted by Gasteiger charge is -2.36. The molecule has 2 atom stereocenters. The van der Waals surface area contributed by atoms with Crippen molar-refractivity contribution in [1.29, 1.82) is 0 Å². The lowest BCUT2D eigenvalue weighted by Crippen LogP contribution is -2.40. The molecule has 3 nitrogen and oxygen atoms in total. The van der Waals surface area contributed by atoms with E-state index >= 15 is 0 Å². The average Bonchev–Trinajstić information content (AvgIpc) is 2.94. The van der Waals surface area contributed by atoms with Gasteiger partial charge in [-0.25, -0.2) is 0 Å². The number of rotatable bonds is 7. The zero-order valence-corrected chi connectivity index (χ0v) is 12.8. The summed E-state index contributed by atoms with van der Waals surface area (Å²) in [6.45, 7) is 12.2. The van der Waals surface area contributed by atoms with Gasteiger partial charge in [-0.05, 0) is 37.4 Å². The molecule has 0 amide bonds. The molecule has 0 radical (unpaired) electrons. The van der Waals surface area contributed by atoms with Crippen LogP contribution in [0.5, 0.6) is 0 Å². The summed E-state index contributed by atoms with van der Waals surface area (Å²) in [5.74, 6) is 0. The fraction of sp³-hybridized carbons (Fsp3) is 0.923. The maximum atomic E-state index is 10.4. The molecule has 0 spiro atoms. The minimum absolute atomic E-state index is 0.115. The van der Waals surface area contributed by atoms with Crippen molar-refractivity contribution < 1.29 is 14.0 Å². The lowest BCUT2D eigenvalue weighted by atomic mass is 10.2. The first-order valence-corrected chi connectivity index (χ1v) is 9.43. The van der Waals surface area contributed by atoms with E-state index in [1.165, 1.54) is 0 Å². The normalized spacial score (nSPS) is 24.8. The predicted octanol–water partition coefficient (Wildman–Crippen LogP) is 3.14. The summed E-state index contributed by atoms with van der Waals surface area (Å²) in [6.07, 6.45) is 4.12. The fourth-order valence-corrected chi connectivity index (χ4v) is 2.59. The van der Waals surface area contributed by atoms with Crippen LogP contribution in [0.2, 0.25) is 18.1 Å². The van der Waals surface area contributed by atoms with Crippen LogP contribution >= 0.6 is 0 Å². The molecule has 1 aliphatic heterocycles. The van der Waals surface area contributed by atoms with Crippen molar-refractivity contribution >= 4 is 14.6 Å². The molecule has 4 heteroatoms. The largest absolute Gasteiger partial charge is 0.417 e. The van der Waals surface area contributed by atoms with Gasteiger partial charge in [0.2, 0.25) is 0 Å². The second-order valence-corrected chi connectivity index (χ2v) is 11.2. The Kier molecular flexibility index (Phi) is 4.92. The van der Waals surface area contributed by atoms with Crippen molar-refractivity contribution in [2.75, 3.05) is 6.61 Å². The average molecular weight is 258 g/mol. The van der Waals surface area contributed by atoms with Crippen LogP contribution in [0.4, 0.5) is 0 Å². The zero-order valence-electron chi connectivity index (χ0n) is 11.8. The van der Waals surface area contributed by atoms with E-state index in [1.54, 1.807) is 0 Å². The maximum absolute atomic E-state index is 10.4. The van der Waals surface area contributed by atoms with E-state index in [2.05, 4.69) is 33.9 Å². The third-order valence-electron chi connectivity index (χ3n) is 3.91. The first kappa shape index (κ1) is 14.9. The van der Waals surface area contributed by atoms with Crippen LogP contribution in [0, 0.1) is 0 Å². The molecule has 1 saturated heterocycles. The Balaban J connectivity index is 2.06. The second kappa shape index (κ2) is 5.63. The van der Waals surface area contributed by atoms with Crippen molar-refractivity contribution in [2.45, 2.75) is 70.4 Å². The molecule has 0 aromatic heterocycles. The molecular weight excluding hydrogens is 232 g/mol. The Labute approximate surface area is 106 Å². The van der Waals surface area contributed by atoms with Crippen LogP contribution in [-0.4, -0.2) is 33.4 Å². The predicted molar refractivity (Wildman–Crippen MR) is 71.7 cm³/mol. The topological polar surface area (TPSA) is 38.8 Å². The number of aldehydes is 1. The molecule has 1 fully saturated rings. The van der Waals surface area contributed by atoms with E-state index < -0.39 is 8.32 Å². The molecule has 0 aliphatic carbocycles. The Morgan fingerprint density at radius 2 is 1.94 bits per heavy atom. The van der Waals surface area contributed by atoms with Crippen LogP contribution in [-0.2, 0) is 14.0 Å². The number of epoxide rings is 1. The first-order chi connectivity index (χ1) is 7.78. The smallest absolute Gasteiger partial charge is 0.191 e. The van der Waals surface area contributed by atoms with Crippen LogP contribution in [0.15, 0.2) is 0 Å². The SMILES string of the molecule is CC(C)(C)[Si](C)(C)OCCCCC1O[C@H]1C=O. The Morgan fingerprint density at radius 1 is 1.29 bits per heavy atom. The third-order valence-corrected chi connectivity index (χ3v) is 8.45. The molecule has 1 unspecified atom stereocenters. The first-order valence-electron chi connectivity index (χ1n) is 6.52. The summed E-state index contributed by atoms with van der Waals surface area (Å²) in [5.41, 5.74) is 0. The number of unbranched alkanes of at least 4 members (excludes halogenated alkanes) is 1. The molecule has 1 rings (SSSR count). The van der Waals surface area contributed by atoms with Crippen molar-refractivity contribution in [3.05, 3.63) is 0 Å². The Bertz CT molecular complexity index is 258. The van der Waals surface area contributed by atoms with E-state index in [-0.39, 0.29) is 17.2 Å². The second-order valence-electron chi connectivity index (χ2n) is 6.38. The molecule has 0 bridgehead atoms. The van der Waals surface area contributed by atoms with Crippen molar-refractivity contribution in [1.82, 2.24) is 0 Å². The maximum Gasteiger partial charge on any atom is 0.191 e. The van der Waals surface area contributed by atoms with Gasteiger partial charge in [-0.2, -0.15) is 0 Å². The van der Waals surface area contributed by atoms with Gasteiger partial charge in [-0.3, -0.25) is 0 Å². The number of ether oxygens (including phenoxy) is 1. The molecule has 0 aromatic rings. The minimum Gasteiger partial charge on any atom is -0.417 e. The molecule has 1 aliphatic rings. The molecule has 1 heterocycles. The quantitative estimate of drug-likeness (QED) is 0.305. The van der Waals surface area contributed by atoms with E-state index in [1.807, 2.05) is 0 Å². The summed E-state index contributed by atoms with van der Waals surface area (Å²) in [7, 11) is -1.57. The number of carbonyl (C=O) groups excluding carboxylic acids is 1. The molecule has 100 valence electrons. The van der Waals surface area contributed by atoms with Crippen LogP contribution < -0.4 is 0 Å². The van der Waals surface area contributed by atoms with Crippen LogP contribution in [0.3, 0.4) is 0 Å².